The van der Waals surface area contributed by atoms with Crippen LogP contribution in [0.2, 0.25) is 5.02 Å². The molecule has 1 aromatic carbocycles. The lowest BCUT2D eigenvalue weighted by molar-refractivity contribution is -0.128. The Hall–Kier alpha value is -1.30. The number of hydrogen-bond donors (Lipinski definition) is 2. The Kier molecular flexibility index (Phi) is 5.87. The molecule has 6 heteroatoms. The van der Waals surface area contributed by atoms with Crippen molar-refractivity contribution in [2.24, 2.45) is 11.3 Å². The number of amides is 1. The SMILES string of the molecule is CN(C)CCOc1ccc(NC(=O)[C@@]23CCCC[C@H]2CNC3)cc1Cl. The minimum Gasteiger partial charge on any atom is -0.491 e. The van der Waals surface area contributed by atoms with Gasteiger partial charge < -0.3 is 20.3 Å². The maximum Gasteiger partial charge on any atom is 0.232 e. The third-order valence-electron chi connectivity index (χ3n) is 5.48. The molecule has 1 heterocycles. The first-order chi connectivity index (χ1) is 12.0. The van der Waals surface area contributed by atoms with Gasteiger partial charge in [-0.05, 0) is 57.6 Å². The Morgan fingerprint density at radius 1 is 1.44 bits per heavy atom. The van der Waals surface area contributed by atoms with E-state index in [1.165, 1.54) is 6.42 Å². The third-order valence-corrected chi connectivity index (χ3v) is 5.77. The smallest absolute Gasteiger partial charge is 0.232 e. The molecule has 2 atom stereocenters. The minimum atomic E-state index is -0.258. The molecule has 25 heavy (non-hydrogen) atoms. The second-order valence-corrected chi connectivity index (χ2v) is 7.89. The fourth-order valence-corrected chi connectivity index (χ4v) is 4.21. The summed E-state index contributed by atoms with van der Waals surface area (Å²) in [6.45, 7) is 3.14. The summed E-state index contributed by atoms with van der Waals surface area (Å²) in [5, 5.41) is 7.03. The van der Waals surface area contributed by atoms with Crippen molar-refractivity contribution in [3.8, 4) is 5.75 Å². The van der Waals surface area contributed by atoms with Gasteiger partial charge in [-0.1, -0.05) is 24.4 Å². The molecule has 2 fully saturated rings. The molecule has 0 bridgehead atoms. The fourth-order valence-electron chi connectivity index (χ4n) is 3.98. The van der Waals surface area contributed by atoms with Crippen LogP contribution in [0.3, 0.4) is 0 Å². The van der Waals surface area contributed by atoms with Crippen LogP contribution in [-0.2, 0) is 4.79 Å². The molecule has 1 saturated carbocycles. The molecule has 1 saturated heterocycles. The average molecular weight is 366 g/mol. The normalized spacial score (nSPS) is 25.7. The van der Waals surface area contributed by atoms with Crippen molar-refractivity contribution in [3.05, 3.63) is 23.2 Å². The Morgan fingerprint density at radius 3 is 3.04 bits per heavy atom. The molecule has 0 unspecified atom stereocenters. The Balaban J connectivity index is 1.64. The predicted octanol–water partition coefficient (Wildman–Crippen LogP) is 3.00. The minimum absolute atomic E-state index is 0.125. The van der Waals surface area contributed by atoms with Crippen molar-refractivity contribution in [2.75, 3.05) is 45.7 Å². The van der Waals surface area contributed by atoms with E-state index in [4.69, 9.17) is 16.3 Å². The molecule has 1 aliphatic heterocycles. The highest BCUT2D eigenvalue weighted by Gasteiger charge is 2.49. The lowest BCUT2D eigenvalue weighted by Gasteiger charge is -2.37. The highest BCUT2D eigenvalue weighted by molar-refractivity contribution is 6.32. The molecule has 1 aliphatic carbocycles. The Bertz CT molecular complexity index is 623. The summed E-state index contributed by atoms with van der Waals surface area (Å²) in [7, 11) is 4.00. The number of halogens is 1. The molecule has 0 radical (unpaired) electrons. The van der Waals surface area contributed by atoms with E-state index in [1.54, 1.807) is 6.07 Å². The molecule has 3 rings (SSSR count). The zero-order valence-corrected chi connectivity index (χ0v) is 15.9. The van der Waals surface area contributed by atoms with Crippen LogP contribution < -0.4 is 15.4 Å². The number of fused-ring (bicyclic) bond motifs is 1. The summed E-state index contributed by atoms with van der Waals surface area (Å²) in [4.78, 5) is 15.0. The topological polar surface area (TPSA) is 53.6 Å². The largest absolute Gasteiger partial charge is 0.491 e. The molecule has 1 aromatic rings. The summed E-state index contributed by atoms with van der Waals surface area (Å²) in [5.41, 5.74) is 0.478. The van der Waals surface area contributed by atoms with Crippen molar-refractivity contribution in [2.45, 2.75) is 25.7 Å². The van der Waals surface area contributed by atoms with Crippen LogP contribution in [-0.4, -0.2) is 51.1 Å². The Morgan fingerprint density at radius 2 is 2.28 bits per heavy atom. The number of likely N-dealkylation sites (N-methyl/N-ethyl adjacent to an activating group) is 1. The molecule has 2 N–H and O–H groups in total. The molecule has 138 valence electrons. The monoisotopic (exact) mass is 365 g/mol. The van der Waals surface area contributed by atoms with Gasteiger partial charge in [-0.3, -0.25) is 4.79 Å². The molecule has 0 aromatic heterocycles. The van der Waals surface area contributed by atoms with Gasteiger partial charge in [0.2, 0.25) is 5.91 Å². The van der Waals surface area contributed by atoms with Crippen molar-refractivity contribution < 1.29 is 9.53 Å². The number of rotatable bonds is 6. The van der Waals surface area contributed by atoms with Crippen molar-refractivity contribution in [3.63, 3.8) is 0 Å². The zero-order valence-electron chi connectivity index (χ0n) is 15.1. The Labute approximate surface area is 155 Å². The lowest BCUT2D eigenvalue weighted by Crippen LogP contribution is -2.44. The van der Waals surface area contributed by atoms with Crippen LogP contribution in [0.5, 0.6) is 5.75 Å². The highest BCUT2D eigenvalue weighted by atomic mass is 35.5. The number of hydrogen-bond acceptors (Lipinski definition) is 4. The van der Waals surface area contributed by atoms with E-state index in [0.29, 0.717) is 23.3 Å². The van der Waals surface area contributed by atoms with Crippen LogP contribution in [0, 0.1) is 11.3 Å². The summed E-state index contributed by atoms with van der Waals surface area (Å²) in [6.07, 6.45) is 4.47. The predicted molar refractivity (Wildman–Crippen MR) is 101 cm³/mol. The first-order valence-corrected chi connectivity index (χ1v) is 9.48. The molecular weight excluding hydrogens is 338 g/mol. The van der Waals surface area contributed by atoms with Gasteiger partial charge in [0.05, 0.1) is 10.4 Å². The van der Waals surface area contributed by atoms with E-state index in [9.17, 15) is 4.79 Å². The van der Waals surface area contributed by atoms with E-state index in [0.717, 1.165) is 44.6 Å². The van der Waals surface area contributed by atoms with Crippen LogP contribution in [0.15, 0.2) is 18.2 Å². The standard InChI is InChI=1S/C19H28ClN3O2/c1-23(2)9-10-25-17-7-6-15(11-16(17)20)22-18(24)19-8-4-3-5-14(19)12-21-13-19/h6-7,11,14,21H,3-5,8-10,12-13H2,1-2H3,(H,22,24)/t14-,19+/m0/s1. The maximum atomic E-state index is 13.0. The number of anilines is 1. The van der Waals surface area contributed by atoms with Gasteiger partial charge in [-0.15, -0.1) is 0 Å². The zero-order chi connectivity index (χ0) is 17.9. The summed E-state index contributed by atoms with van der Waals surface area (Å²) in [5.74, 6) is 1.22. The van der Waals surface area contributed by atoms with Crippen molar-refractivity contribution in [1.82, 2.24) is 10.2 Å². The van der Waals surface area contributed by atoms with Crippen LogP contribution in [0.25, 0.3) is 0 Å². The second kappa shape index (κ2) is 7.94. The third kappa shape index (κ3) is 4.10. The van der Waals surface area contributed by atoms with Crippen LogP contribution in [0.4, 0.5) is 5.69 Å². The van der Waals surface area contributed by atoms with Crippen molar-refractivity contribution >= 4 is 23.2 Å². The quantitative estimate of drug-likeness (QED) is 0.813. The van der Waals surface area contributed by atoms with Gasteiger partial charge in [-0.2, -0.15) is 0 Å². The number of benzene rings is 1. The van der Waals surface area contributed by atoms with Gasteiger partial charge in [0.1, 0.15) is 12.4 Å². The van der Waals surface area contributed by atoms with Crippen LogP contribution >= 0.6 is 11.6 Å². The van der Waals surface area contributed by atoms with Crippen LogP contribution in [0.1, 0.15) is 25.7 Å². The molecule has 0 spiro atoms. The van der Waals surface area contributed by atoms with E-state index < -0.39 is 0 Å². The molecular formula is C19H28ClN3O2. The van der Waals surface area contributed by atoms with Gasteiger partial charge in [-0.25, -0.2) is 0 Å². The van der Waals surface area contributed by atoms with E-state index in [1.807, 2.05) is 26.2 Å². The number of nitrogens with one attached hydrogen (secondary N) is 2. The first-order valence-electron chi connectivity index (χ1n) is 9.10. The highest BCUT2D eigenvalue weighted by Crippen LogP contribution is 2.44. The molecule has 1 amide bonds. The van der Waals surface area contributed by atoms with E-state index >= 15 is 0 Å². The average Bonchev–Trinajstić information content (AvgIpc) is 3.02. The first kappa shape index (κ1) is 18.5. The van der Waals surface area contributed by atoms with E-state index in [2.05, 4.69) is 15.5 Å². The van der Waals surface area contributed by atoms with Gasteiger partial charge in [0, 0.05) is 18.8 Å². The fraction of sp³-hybridized carbons (Fsp3) is 0.632. The summed E-state index contributed by atoms with van der Waals surface area (Å²) >= 11 is 6.32. The summed E-state index contributed by atoms with van der Waals surface area (Å²) in [6, 6.07) is 5.48. The number of carbonyl (C=O) groups excluding carboxylic acids is 1. The molecule has 5 nitrogen and oxygen atoms in total. The van der Waals surface area contributed by atoms with Gasteiger partial charge in [0.15, 0.2) is 0 Å². The maximum absolute atomic E-state index is 13.0. The number of ether oxygens (including phenoxy) is 1. The summed E-state index contributed by atoms with van der Waals surface area (Å²) < 4.78 is 5.70. The lowest BCUT2D eigenvalue weighted by atomic mass is 9.67. The van der Waals surface area contributed by atoms with E-state index in [-0.39, 0.29) is 11.3 Å². The second-order valence-electron chi connectivity index (χ2n) is 7.48. The number of nitrogens with zero attached hydrogens (tertiary/aromatic N) is 1. The van der Waals surface area contributed by atoms with Crippen molar-refractivity contribution in [1.29, 1.82) is 0 Å². The molecule has 2 aliphatic rings. The van der Waals surface area contributed by atoms with Gasteiger partial charge >= 0.3 is 0 Å². The number of carbonyl (C=O) groups is 1. The van der Waals surface area contributed by atoms with Gasteiger partial charge in [0.25, 0.3) is 0 Å².